The molecule has 1 aromatic rings. The molecule has 1 fully saturated rings. The number of likely N-dealkylation sites (tertiary alicyclic amines) is 1. The Balaban J connectivity index is 2.04. The van der Waals surface area contributed by atoms with Crippen LogP contribution >= 0.6 is 11.6 Å². The van der Waals surface area contributed by atoms with E-state index < -0.39 is 0 Å². The molecule has 0 spiro atoms. The van der Waals surface area contributed by atoms with Crippen LogP contribution < -0.4 is 0 Å². The van der Waals surface area contributed by atoms with E-state index in [-0.39, 0.29) is 0 Å². The Morgan fingerprint density at radius 1 is 1.29 bits per heavy atom. The third kappa shape index (κ3) is 3.65. The van der Waals surface area contributed by atoms with E-state index in [4.69, 9.17) is 11.6 Å². The molecule has 0 radical (unpaired) electrons. The van der Waals surface area contributed by atoms with Gasteiger partial charge in [0.1, 0.15) is 11.0 Å². The normalized spacial score (nSPS) is 26.1. The minimum absolute atomic E-state index is 0.547. The zero-order valence-electron chi connectivity index (χ0n) is 10.8. The van der Waals surface area contributed by atoms with Crippen LogP contribution in [0.25, 0.3) is 0 Å². The molecule has 0 aliphatic carbocycles. The van der Waals surface area contributed by atoms with Crippen molar-refractivity contribution in [1.29, 1.82) is 0 Å². The summed E-state index contributed by atoms with van der Waals surface area (Å²) in [5, 5.41) is 0.547. The molecule has 2 unspecified atom stereocenters. The van der Waals surface area contributed by atoms with Gasteiger partial charge in [-0.1, -0.05) is 25.4 Å². The second-order valence-corrected chi connectivity index (χ2v) is 5.78. The van der Waals surface area contributed by atoms with Crippen molar-refractivity contribution in [2.75, 3.05) is 13.1 Å². The molecular formula is C13H20ClN3. The van der Waals surface area contributed by atoms with Gasteiger partial charge < -0.3 is 0 Å². The first-order chi connectivity index (χ1) is 8.02. The SMILES string of the molecule is Cc1cc(Cl)nc(CN2CC(C)CC(C)C2)n1. The van der Waals surface area contributed by atoms with Crippen LogP contribution in [0.4, 0.5) is 0 Å². The number of rotatable bonds is 2. The lowest BCUT2D eigenvalue weighted by molar-refractivity contribution is 0.131. The highest BCUT2D eigenvalue weighted by Gasteiger charge is 2.22. The first-order valence-corrected chi connectivity index (χ1v) is 6.63. The van der Waals surface area contributed by atoms with Crippen LogP contribution in [-0.2, 0) is 6.54 Å². The molecule has 0 aromatic carbocycles. The molecule has 2 atom stereocenters. The smallest absolute Gasteiger partial charge is 0.144 e. The van der Waals surface area contributed by atoms with Crippen molar-refractivity contribution in [3.63, 3.8) is 0 Å². The maximum absolute atomic E-state index is 5.96. The Morgan fingerprint density at radius 2 is 1.94 bits per heavy atom. The van der Waals surface area contributed by atoms with Crippen LogP contribution in [0.1, 0.15) is 31.8 Å². The summed E-state index contributed by atoms with van der Waals surface area (Å²) in [6.07, 6.45) is 1.33. The third-order valence-corrected chi connectivity index (χ3v) is 3.37. The summed E-state index contributed by atoms with van der Waals surface area (Å²) in [5.74, 6) is 2.37. The molecule has 1 aliphatic heterocycles. The van der Waals surface area contributed by atoms with Gasteiger partial charge >= 0.3 is 0 Å². The average Bonchev–Trinajstić information content (AvgIpc) is 2.13. The summed E-state index contributed by atoms with van der Waals surface area (Å²) in [4.78, 5) is 11.2. The van der Waals surface area contributed by atoms with Crippen LogP contribution in [0.5, 0.6) is 0 Å². The van der Waals surface area contributed by atoms with Crippen LogP contribution in [0.2, 0.25) is 5.15 Å². The van der Waals surface area contributed by atoms with Gasteiger partial charge in [-0.05, 0) is 31.2 Å². The maximum atomic E-state index is 5.96. The van der Waals surface area contributed by atoms with Gasteiger partial charge in [0.05, 0.1) is 6.54 Å². The molecule has 17 heavy (non-hydrogen) atoms. The van der Waals surface area contributed by atoms with Gasteiger partial charge in [0, 0.05) is 18.8 Å². The van der Waals surface area contributed by atoms with Crippen molar-refractivity contribution < 1.29 is 0 Å². The molecule has 0 saturated carbocycles. The number of halogens is 1. The quantitative estimate of drug-likeness (QED) is 0.759. The molecule has 0 amide bonds. The van der Waals surface area contributed by atoms with E-state index in [9.17, 15) is 0 Å². The lowest BCUT2D eigenvalue weighted by atomic mass is 9.92. The number of aromatic nitrogens is 2. The van der Waals surface area contributed by atoms with Crippen molar-refractivity contribution in [2.45, 2.75) is 33.7 Å². The van der Waals surface area contributed by atoms with Crippen LogP contribution in [-0.4, -0.2) is 28.0 Å². The largest absolute Gasteiger partial charge is 0.295 e. The van der Waals surface area contributed by atoms with Gasteiger partial charge in [0.15, 0.2) is 0 Å². The monoisotopic (exact) mass is 253 g/mol. The second-order valence-electron chi connectivity index (χ2n) is 5.39. The first-order valence-electron chi connectivity index (χ1n) is 6.25. The number of hydrogen-bond donors (Lipinski definition) is 0. The fourth-order valence-corrected chi connectivity index (χ4v) is 3.04. The molecule has 4 heteroatoms. The van der Waals surface area contributed by atoms with E-state index in [0.717, 1.165) is 43.0 Å². The predicted octanol–water partition coefficient (Wildman–Crippen LogP) is 2.92. The second kappa shape index (κ2) is 5.32. The van der Waals surface area contributed by atoms with Gasteiger partial charge in [-0.3, -0.25) is 4.90 Å². The standard InChI is InChI=1S/C13H20ClN3/c1-9-4-10(2)7-17(6-9)8-13-15-11(3)5-12(14)16-13/h5,9-10H,4,6-8H2,1-3H3. The van der Waals surface area contributed by atoms with Crippen LogP contribution in [0.3, 0.4) is 0 Å². The molecular weight excluding hydrogens is 234 g/mol. The van der Waals surface area contributed by atoms with Crippen LogP contribution in [0.15, 0.2) is 6.07 Å². The van der Waals surface area contributed by atoms with Gasteiger partial charge in [0.25, 0.3) is 0 Å². The molecule has 3 nitrogen and oxygen atoms in total. The Labute approximate surface area is 108 Å². The summed E-state index contributed by atoms with van der Waals surface area (Å²) in [5.41, 5.74) is 0.943. The Morgan fingerprint density at radius 3 is 2.53 bits per heavy atom. The molecule has 1 aromatic heterocycles. The third-order valence-electron chi connectivity index (χ3n) is 3.18. The fourth-order valence-electron chi connectivity index (χ4n) is 2.78. The molecule has 2 heterocycles. The lowest BCUT2D eigenvalue weighted by Crippen LogP contribution is -2.38. The zero-order valence-corrected chi connectivity index (χ0v) is 11.5. The van der Waals surface area contributed by atoms with Crippen LogP contribution in [0, 0.1) is 18.8 Å². The van der Waals surface area contributed by atoms with Crippen molar-refractivity contribution in [3.05, 3.63) is 22.7 Å². The molecule has 94 valence electrons. The molecule has 1 saturated heterocycles. The molecule has 1 aliphatic rings. The topological polar surface area (TPSA) is 29.0 Å². The number of aryl methyl sites for hydroxylation is 1. The highest BCUT2D eigenvalue weighted by Crippen LogP contribution is 2.22. The summed E-state index contributed by atoms with van der Waals surface area (Å²) in [6, 6.07) is 1.80. The predicted molar refractivity (Wildman–Crippen MR) is 70.0 cm³/mol. The van der Waals surface area contributed by atoms with E-state index >= 15 is 0 Å². The summed E-state index contributed by atoms with van der Waals surface area (Å²) in [6.45, 7) is 9.67. The van der Waals surface area contributed by atoms with Crippen molar-refractivity contribution in [3.8, 4) is 0 Å². The zero-order chi connectivity index (χ0) is 12.4. The average molecular weight is 254 g/mol. The van der Waals surface area contributed by atoms with Gasteiger partial charge in [0.2, 0.25) is 0 Å². The molecule has 0 N–H and O–H groups in total. The van der Waals surface area contributed by atoms with Crippen molar-refractivity contribution in [1.82, 2.24) is 14.9 Å². The van der Waals surface area contributed by atoms with E-state index in [1.165, 1.54) is 6.42 Å². The highest BCUT2D eigenvalue weighted by molar-refractivity contribution is 6.29. The minimum atomic E-state index is 0.547. The Kier molecular flexibility index (Phi) is 4.00. The van der Waals surface area contributed by atoms with Crippen molar-refractivity contribution in [2.24, 2.45) is 11.8 Å². The molecule has 0 bridgehead atoms. The number of hydrogen-bond acceptors (Lipinski definition) is 3. The van der Waals surface area contributed by atoms with Gasteiger partial charge in [-0.25, -0.2) is 9.97 Å². The minimum Gasteiger partial charge on any atom is -0.295 e. The first kappa shape index (κ1) is 12.8. The van der Waals surface area contributed by atoms with Gasteiger partial charge in [-0.15, -0.1) is 0 Å². The fraction of sp³-hybridized carbons (Fsp3) is 0.692. The Hall–Kier alpha value is -0.670. The number of nitrogens with zero attached hydrogens (tertiary/aromatic N) is 3. The van der Waals surface area contributed by atoms with E-state index in [2.05, 4.69) is 28.7 Å². The summed E-state index contributed by atoms with van der Waals surface area (Å²) < 4.78 is 0. The Bertz CT molecular complexity index is 364. The maximum Gasteiger partial charge on any atom is 0.144 e. The van der Waals surface area contributed by atoms with E-state index in [1.54, 1.807) is 6.07 Å². The van der Waals surface area contributed by atoms with E-state index in [0.29, 0.717) is 5.15 Å². The summed E-state index contributed by atoms with van der Waals surface area (Å²) >= 11 is 5.96. The van der Waals surface area contributed by atoms with E-state index in [1.807, 2.05) is 6.92 Å². The molecule has 2 rings (SSSR count). The lowest BCUT2D eigenvalue weighted by Gasteiger charge is -2.34. The van der Waals surface area contributed by atoms with Crippen molar-refractivity contribution >= 4 is 11.6 Å². The summed E-state index contributed by atoms with van der Waals surface area (Å²) in [7, 11) is 0. The van der Waals surface area contributed by atoms with Gasteiger partial charge in [-0.2, -0.15) is 0 Å². The highest BCUT2D eigenvalue weighted by atomic mass is 35.5. The number of piperidine rings is 1.